The third-order valence-electron chi connectivity index (χ3n) is 5.72. The standard InChI is InChI=1S/C22H23NO5/c1-3-28-21(25)20-19(16-12-8-5-9-13-16)18(24)14-17(22(20,2)23(26)27)15-10-6-4-7-11-15/h4-13,17,19-20H,3,14H2,1-2H3/t17-,19+,20+,22+/m1/s1. The van der Waals surface area contributed by atoms with E-state index in [0.717, 1.165) is 0 Å². The van der Waals surface area contributed by atoms with Crippen LogP contribution in [0.5, 0.6) is 0 Å². The van der Waals surface area contributed by atoms with Crippen LogP contribution in [-0.2, 0) is 14.3 Å². The van der Waals surface area contributed by atoms with Crippen molar-refractivity contribution in [1.82, 2.24) is 0 Å². The van der Waals surface area contributed by atoms with E-state index in [9.17, 15) is 19.7 Å². The number of rotatable bonds is 5. The monoisotopic (exact) mass is 381 g/mol. The highest BCUT2D eigenvalue weighted by Crippen LogP contribution is 2.51. The third-order valence-corrected chi connectivity index (χ3v) is 5.72. The molecule has 2 aromatic rings. The van der Waals surface area contributed by atoms with Crippen LogP contribution in [0.2, 0.25) is 0 Å². The van der Waals surface area contributed by atoms with E-state index in [4.69, 9.17) is 4.74 Å². The second-order valence-electron chi connectivity index (χ2n) is 7.23. The van der Waals surface area contributed by atoms with Crippen molar-refractivity contribution in [2.45, 2.75) is 37.6 Å². The fourth-order valence-corrected chi connectivity index (χ4v) is 4.30. The number of nitro groups is 1. The molecule has 0 heterocycles. The second kappa shape index (κ2) is 7.92. The number of hydrogen-bond acceptors (Lipinski definition) is 5. The first-order valence-electron chi connectivity index (χ1n) is 9.35. The highest BCUT2D eigenvalue weighted by molar-refractivity contribution is 5.94. The van der Waals surface area contributed by atoms with Gasteiger partial charge in [0.2, 0.25) is 5.54 Å². The van der Waals surface area contributed by atoms with Crippen molar-refractivity contribution in [2.75, 3.05) is 6.61 Å². The summed E-state index contributed by atoms with van der Waals surface area (Å²) in [6.07, 6.45) is -0.00302. The van der Waals surface area contributed by atoms with Gasteiger partial charge in [-0.1, -0.05) is 60.7 Å². The molecule has 0 aliphatic heterocycles. The first-order chi connectivity index (χ1) is 13.4. The van der Waals surface area contributed by atoms with Crippen LogP contribution in [0.3, 0.4) is 0 Å². The van der Waals surface area contributed by atoms with Crippen molar-refractivity contribution < 1.29 is 19.2 Å². The van der Waals surface area contributed by atoms with Crippen molar-refractivity contribution in [3.8, 4) is 0 Å². The zero-order valence-corrected chi connectivity index (χ0v) is 15.9. The normalized spacial score (nSPS) is 27.2. The lowest BCUT2D eigenvalue weighted by molar-refractivity contribution is -0.580. The largest absolute Gasteiger partial charge is 0.466 e. The van der Waals surface area contributed by atoms with E-state index in [-0.39, 0.29) is 18.8 Å². The molecule has 1 fully saturated rings. The zero-order valence-electron chi connectivity index (χ0n) is 15.9. The molecule has 0 unspecified atom stereocenters. The molecule has 0 saturated heterocycles. The summed E-state index contributed by atoms with van der Waals surface area (Å²) in [6, 6.07) is 17.7. The molecule has 4 atom stereocenters. The molecule has 146 valence electrons. The van der Waals surface area contributed by atoms with Gasteiger partial charge in [-0.05, 0) is 18.1 Å². The molecule has 2 aromatic carbocycles. The second-order valence-corrected chi connectivity index (χ2v) is 7.23. The van der Waals surface area contributed by atoms with E-state index in [1.165, 1.54) is 6.92 Å². The quantitative estimate of drug-likeness (QED) is 0.447. The lowest BCUT2D eigenvalue weighted by Gasteiger charge is -2.42. The van der Waals surface area contributed by atoms with Crippen molar-refractivity contribution in [1.29, 1.82) is 0 Å². The number of Topliss-reactive ketones (excluding diaryl/α,β-unsaturated/α-hetero) is 1. The van der Waals surface area contributed by atoms with Crippen molar-refractivity contribution in [2.24, 2.45) is 5.92 Å². The third kappa shape index (κ3) is 3.30. The number of nitrogens with zero attached hydrogens (tertiary/aromatic N) is 1. The molecular formula is C22H23NO5. The molecule has 0 bridgehead atoms. The Labute approximate surface area is 163 Å². The molecule has 0 radical (unpaired) electrons. The zero-order chi connectivity index (χ0) is 20.3. The minimum absolute atomic E-state index is 0.00302. The summed E-state index contributed by atoms with van der Waals surface area (Å²) >= 11 is 0. The van der Waals surface area contributed by atoms with Crippen LogP contribution in [0.25, 0.3) is 0 Å². The summed E-state index contributed by atoms with van der Waals surface area (Å²) < 4.78 is 5.22. The van der Waals surface area contributed by atoms with E-state index in [0.29, 0.717) is 11.1 Å². The molecule has 0 spiro atoms. The number of ether oxygens (including phenoxy) is 1. The van der Waals surface area contributed by atoms with E-state index in [2.05, 4.69) is 0 Å². The Bertz CT molecular complexity index is 867. The van der Waals surface area contributed by atoms with Crippen LogP contribution >= 0.6 is 0 Å². The smallest absolute Gasteiger partial charge is 0.317 e. The maximum Gasteiger partial charge on any atom is 0.317 e. The SMILES string of the molecule is CCOC(=O)[C@@H]1[C@@H](c2ccccc2)C(=O)C[C@H](c2ccccc2)[C@]1(C)[N+](=O)[O-]. The summed E-state index contributed by atoms with van der Waals surface area (Å²) in [5.41, 5.74) is -0.400. The van der Waals surface area contributed by atoms with Crippen molar-refractivity contribution in [3.63, 3.8) is 0 Å². The molecule has 1 aliphatic carbocycles. The van der Waals surface area contributed by atoms with Gasteiger partial charge in [0.15, 0.2) is 0 Å². The lowest BCUT2D eigenvalue weighted by atomic mass is 9.58. The van der Waals surface area contributed by atoms with Gasteiger partial charge in [0, 0.05) is 18.3 Å². The maximum atomic E-state index is 13.2. The predicted molar refractivity (Wildman–Crippen MR) is 104 cm³/mol. The fourth-order valence-electron chi connectivity index (χ4n) is 4.30. The van der Waals surface area contributed by atoms with Crippen LogP contribution in [0.4, 0.5) is 0 Å². The Balaban J connectivity index is 2.19. The summed E-state index contributed by atoms with van der Waals surface area (Å²) in [5.74, 6) is -3.72. The van der Waals surface area contributed by atoms with Gasteiger partial charge in [-0.3, -0.25) is 19.7 Å². The minimum atomic E-state index is -1.68. The highest BCUT2D eigenvalue weighted by Gasteiger charge is 2.64. The van der Waals surface area contributed by atoms with Gasteiger partial charge in [-0.25, -0.2) is 0 Å². The molecule has 1 saturated carbocycles. The Morgan fingerprint density at radius 1 is 1.11 bits per heavy atom. The van der Waals surface area contributed by atoms with Crippen molar-refractivity contribution in [3.05, 3.63) is 81.9 Å². The Hall–Kier alpha value is -3.02. The van der Waals surface area contributed by atoms with Gasteiger partial charge in [0.05, 0.1) is 18.4 Å². The van der Waals surface area contributed by atoms with Crippen LogP contribution < -0.4 is 0 Å². The van der Waals surface area contributed by atoms with Crippen LogP contribution in [0.15, 0.2) is 60.7 Å². The van der Waals surface area contributed by atoms with Crippen LogP contribution in [-0.4, -0.2) is 28.8 Å². The number of carbonyl (C=O) groups is 2. The van der Waals surface area contributed by atoms with E-state index in [1.54, 1.807) is 61.5 Å². The van der Waals surface area contributed by atoms with E-state index >= 15 is 0 Å². The average molecular weight is 381 g/mol. The molecule has 6 heteroatoms. The number of esters is 1. The van der Waals surface area contributed by atoms with Crippen molar-refractivity contribution >= 4 is 11.8 Å². The molecule has 0 aromatic heterocycles. The number of hydrogen-bond donors (Lipinski definition) is 0. The van der Waals surface area contributed by atoms with Gasteiger partial charge >= 0.3 is 5.97 Å². The Morgan fingerprint density at radius 3 is 2.14 bits per heavy atom. The Morgan fingerprint density at radius 2 is 1.64 bits per heavy atom. The summed E-state index contributed by atoms with van der Waals surface area (Å²) in [4.78, 5) is 38.1. The van der Waals surface area contributed by atoms with E-state index < -0.39 is 34.2 Å². The molecule has 1 aliphatic rings. The Kier molecular flexibility index (Phi) is 5.58. The van der Waals surface area contributed by atoms with Gasteiger partial charge in [0.25, 0.3) is 0 Å². The molecule has 6 nitrogen and oxygen atoms in total. The number of benzene rings is 2. The molecule has 0 N–H and O–H groups in total. The fraction of sp³-hybridized carbons (Fsp3) is 0.364. The first-order valence-corrected chi connectivity index (χ1v) is 9.35. The average Bonchev–Trinajstić information content (AvgIpc) is 2.70. The summed E-state index contributed by atoms with van der Waals surface area (Å²) in [7, 11) is 0. The predicted octanol–water partition coefficient (Wildman–Crippen LogP) is 3.74. The molecule has 3 rings (SSSR count). The van der Waals surface area contributed by atoms with Gasteiger partial charge < -0.3 is 4.74 Å². The van der Waals surface area contributed by atoms with Gasteiger partial charge in [0.1, 0.15) is 11.7 Å². The minimum Gasteiger partial charge on any atom is -0.466 e. The topological polar surface area (TPSA) is 86.5 Å². The summed E-state index contributed by atoms with van der Waals surface area (Å²) in [6.45, 7) is 3.21. The first kappa shape index (κ1) is 19.7. The summed E-state index contributed by atoms with van der Waals surface area (Å²) in [5, 5.41) is 12.3. The van der Waals surface area contributed by atoms with Crippen LogP contribution in [0, 0.1) is 16.0 Å². The number of carbonyl (C=O) groups excluding carboxylic acids is 2. The van der Waals surface area contributed by atoms with E-state index in [1.807, 2.05) is 6.07 Å². The van der Waals surface area contributed by atoms with Gasteiger partial charge in [-0.2, -0.15) is 0 Å². The molecule has 0 amide bonds. The molecular weight excluding hydrogens is 358 g/mol. The molecule has 28 heavy (non-hydrogen) atoms. The number of ketones is 1. The maximum absolute atomic E-state index is 13.2. The van der Waals surface area contributed by atoms with Gasteiger partial charge in [-0.15, -0.1) is 0 Å². The lowest BCUT2D eigenvalue weighted by Crippen LogP contribution is -2.58. The highest BCUT2D eigenvalue weighted by atomic mass is 16.6. The van der Waals surface area contributed by atoms with Crippen LogP contribution in [0.1, 0.15) is 43.2 Å².